The van der Waals surface area contributed by atoms with E-state index in [4.69, 9.17) is 22.4 Å². The Hall–Kier alpha value is -0.850. The van der Waals surface area contributed by atoms with Crippen LogP contribution in [0.2, 0.25) is 5.02 Å². The second kappa shape index (κ2) is 4.99. The van der Waals surface area contributed by atoms with E-state index in [1.807, 2.05) is 0 Å². The second-order valence-corrected chi connectivity index (χ2v) is 3.61. The number of pyridine rings is 1. The zero-order valence-corrected chi connectivity index (χ0v) is 8.89. The molecule has 0 saturated carbocycles. The maximum absolute atomic E-state index is 12.3. The third-order valence-corrected chi connectivity index (χ3v) is 2.39. The molecule has 0 spiro atoms. The van der Waals surface area contributed by atoms with Gasteiger partial charge in [-0.3, -0.25) is 4.98 Å². The summed E-state index contributed by atoms with van der Waals surface area (Å²) in [6, 6.07) is 0.780. The molecule has 0 aliphatic rings. The van der Waals surface area contributed by atoms with Crippen LogP contribution in [0.5, 0.6) is 0 Å². The van der Waals surface area contributed by atoms with Crippen molar-refractivity contribution in [1.82, 2.24) is 4.98 Å². The molecule has 0 saturated heterocycles. The van der Waals surface area contributed by atoms with Gasteiger partial charge in [-0.2, -0.15) is 13.2 Å². The van der Waals surface area contributed by atoms with Crippen LogP contribution in [0.3, 0.4) is 0 Å². The Bertz CT molecular complexity index is 366. The van der Waals surface area contributed by atoms with Gasteiger partial charge in [0, 0.05) is 18.7 Å². The highest BCUT2D eigenvalue weighted by atomic mass is 35.5. The molecule has 0 aromatic carbocycles. The van der Waals surface area contributed by atoms with Crippen LogP contribution in [0.1, 0.15) is 17.2 Å². The molecule has 1 aromatic heterocycles. The van der Waals surface area contributed by atoms with Crippen LogP contribution in [-0.4, -0.2) is 23.2 Å². The fourth-order valence-corrected chi connectivity index (χ4v) is 1.50. The fraction of sp³-hybridized carbons (Fsp3) is 0.444. The van der Waals surface area contributed by atoms with Gasteiger partial charge in [-0.15, -0.1) is 0 Å². The Kier molecular flexibility index (Phi) is 4.12. The molecular weight excluding hydrogens is 245 g/mol. The van der Waals surface area contributed by atoms with Crippen molar-refractivity contribution in [1.29, 1.82) is 0 Å². The predicted molar refractivity (Wildman–Crippen MR) is 53.1 cm³/mol. The van der Waals surface area contributed by atoms with E-state index < -0.39 is 17.7 Å². The molecule has 0 amide bonds. The van der Waals surface area contributed by atoms with E-state index in [9.17, 15) is 13.2 Å². The van der Waals surface area contributed by atoms with Crippen LogP contribution in [0.25, 0.3) is 0 Å². The molecule has 0 radical (unpaired) electrons. The predicted octanol–water partition coefficient (Wildman–Crippen LogP) is 1.79. The van der Waals surface area contributed by atoms with Gasteiger partial charge >= 0.3 is 6.18 Å². The summed E-state index contributed by atoms with van der Waals surface area (Å²) in [6.07, 6.45) is -3.80. The van der Waals surface area contributed by atoms with Gasteiger partial charge in [0.25, 0.3) is 0 Å². The van der Waals surface area contributed by atoms with Gasteiger partial charge in [0.15, 0.2) is 0 Å². The third kappa shape index (κ3) is 2.84. The lowest BCUT2D eigenvalue weighted by molar-refractivity contribution is -0.137. The van der Waals surface area contributed by atoms with E-state index in [-0.39, 0.29) is 23.9 Å². The van der Waals surface area contributed by atoms with Crippen LogP contribution in [0, 0.1) is 0 Å². The minimum absolute atomic E-state index is 0.0641. The van der Waals surface area contributed by atoms with Gasteiger partial charge < -0.3 is 10.8 Å². The molecule has 1 heterocycles. The van der Waals surface area contributed by atoms with Gasteiger partial charge in [0.05, 0.1) is 22.9 Å². The van der Waals surface area contributed by atoms with Crippen molar-refractivity contribution >= 4 is 11.6 Å². The molecule has 0 bridgehead atoms. The van der Waals surface area contributed by atoms with Crippen LogP contribution in [0.15, 0.2) is 12.3 Å². The van der Waals surface area contributed by atoms with Crippen molar-refractivity contribution in [3.63, 3.8) is 0 Å². The smallest absolute Gasteiger partial charge is 0.396 e. The number of hydrogen-bond donors (Lipinski definition) is 2. The lowest BCUT2D eigenvalue weighted by Crippen LogP contribution is -2.18. The molecular formula is C9H10ClF3N2O. The monoisotopic (exact) mass is 254 g/mol. The largest absolute Gasteiger partial charge is 0.417 e. The van der Waals surface area contributed by atoms with Gasteiger partial charge in [-0.25, -0.2) is 0 Å². The van der Waals surface area contributed by atoms with Crippen LogP contribution in [-0.2, 0) is 6.18 Å². The zero-order valence-electron chi connectivity index (χ0n) is 8.13. The molecule has 7 heteroatoms. The van der Waals surface area contributed by atoms with Crippen LogP contribution < -0.4 is 5.73 Å². The number of aromatic nitrogens is 1. The molecule has 3 N–H and O–H groups in total. The number of rotatable bonds is 3. The van der Waals surface area contributed by atoms with Crippen LogP contribution >= 0.6 is 11.6 Å². The highest BCUT2D eigenvalue weighted by Crippen LogP contribution is 2.32. The lowest BCUT2D eigenvalue weighted by Gasteiger charge is -2.14. The quantitative estimate of drug-likeness (QED) is 0.865. The number of nitrogens with two attached hydrogens (primary N) is 1. The second-order valence-electron chi connectivity index (χ2n) is 3.20. The minimum Gasteiger partial charge on any atom is -0.396 e. The minimum atomic E-state index is -4.48. The van der Waals surface area contributed by atoms with Crippen molar-refractivity contribution in [3.05, 3.63) is 28.5 Å². The van der Waals surface area contributed by atoms with Gasteiger partial charge in [0.2, 0.25) is 0 Å². The summed E-state index contributed by atoms with van der Waals surface area (Å²) in [4.78, 5) is 3.59. The maximum atomic E-state index is 12.3. The first-order chi connectivity index (χ1) is 7.40. The normalized spacial score (nSPS) is 13.9. The van der Waals surface area contributed by atoms with Gasteiger partial charge in [0.1, 0.15) is 0 Å². The highest BCUT2D eigenvalue weighted by molar-refractivity contribution is 6.31. The number of halogens is 4. The fourth-order valence-electron chi connectivity index (χ4n) is 1.18. The molecule has 90 valence electrons. The van der Waals surface area contributed by atoms with Crippen molar-refractivity contribution in [2.24, 2.45) is 5.73 Å². The first-order valence-electron chi connectivity index (χ1n) is 4.43. The average Bonchev–Trinajstić information content (AvgIpc) is 2.20. The van der Waals surface area contributed by atoms with Crippen LogP contribution in [0.4, 0.5) is 13.2 Å². The summed E-state index contributed by atoms with van der Waals surface area (Å²) < 4.78 is 36.9. The Labute approximate surface area is 95.0 Å². The molecule has 1 atom stereocenters. The van der Waals surface area contributed by atoms with E-state index in [1.165, 1.54) is 0 Å². The summed E-state index contributed by atoms with van der Waals surface area (Å²) in [6.45, 7) is -0.247. The standard InChI is InChI=1S/C9H10ClF3N2O/c10-7-1-6(9(11,12)13)3-15-8(7)5(2-14)4-16/h1,3,5,16H,2,4,14H2. The zero-order chi connectivity index (χ0) is 12.3. The van der Waals surface area contributed by atoms with Crippen molar-refractivity contribution < 1.29 is 18.3 Å². The summed E-state index contributed by atoms with van der Waals surface area (Å²) >= 11 is 5.66. The number of aliphatic hydroxyl groups is 1. The summed E-state index contributed by atoms with van der Waals surface area (Å²) in [5.74, 6) is -0.546. The average molecular weight is 255 g/mol. The lowest BCUT2D eigenvalue weighted by atomic mass is 10.1. The summed E-state index contributed by atoms with van der Waals surface area (Å²) in [5.41, 5.74) is 4.59. The third-order valence-electron chi connectivity index (χ3n) is 2.09. The molecule has 16 heavy (non-hydrogen) atoms. The molecule has 0 aliphatic carbocycles. The van der Waals surface area contributed by atoms with E-state index in [2.05, 4.69) is 4.98 Å². The number of nitrogens with zero attached hydrogens (tertiary/aromatic N) is 1. The van der Waals surface area contributed by atoms with E-state index >= 15 is 0 Å². The highest BCUT2D eigenvalue weighted by Gasteiger charge is 2.32. The topological polar surface area (TPSA) is 59.1 Å². The molecule has 3 nitrogen and oxygen atoms in total. The number of aliphatic hydroxyl groups excluding tert-OH is 1. The molecule has 0 aliphatic heterocycles. The SMILES string of the molecule is NCC(CO)c1ncc(C(F)(F)F)cc1Cl. The Balaban J connectivity index is 3.09. The number of hydrogen-bond acceptors (Lipinski definition) is 3. The number of alkyl halides is 3. The van der Waals surface area contributed by atoms with E-state index in [0.29, 0.717) is 6.20 Å². The molecule has 1 rings (SSSR count). The Morgan fingerprint density at radius 3 is 2.50 bits per heavy atom. The first-order valence-corrected chi connectivity index (χ1v) is 4.81. The van der Waals surface area contributed by atoms with Gasteiger partial charge in [-0.05, 0) is 6.07 Å². The van der Waals surface area contributed by atoms with E-state index in [1.54, 1.807) is 0 Å². The molecule has 1 unspecified atom stereocenters. The molecule has 1 aromatic rings. The maximum Gasteiger partial charge on any atom is 0.417 e. The first kappa shape index (κ1) is 13.2. The van der Waals surface area contributed by atoms with Crippen molar-refractivity contribution in [3.8, 4) is 0 Å². The Morgan fingerprint density at radius 2 is 2.12 bits per heavy atom. The van der Waals surface area contributed by atoms with E-state index in [0.717, 1.165) is 6.07 Å². The van der Waals surface area contributed by atoms with Crippen molar-refractivity contribution in [2.45, 2.75) is 12.1 Å². The Morgan fingerprint density at radius 1 is 1.50 bits per heavy atom. The summed E-state index contributed by atoms with van der Waals surface area (Å²) in [5, 5.41) is 8.79. The molecule has 0 fully saturated rings. The van der Waals surface area contributed by atoms with Crippen molar-refractivity contribution in [2.75, 3.05) is 13.2 Å². The van der Waals surface area contributed by atoms with Gasteiger partial charge in [-0.1, -0.05) is 11.6 Å². The summed E-state index contributed by atoms with van der Waals surface area (Å²) in [7, 11) is 0.